The third kappa shape index (κ3) is 5.44. The predicted molar refractivity (Wildman–Crippen MR) is 146 cm³/mol. The Balaban J connectivity index is 1.18. The minimum atomic E-state index is -1.62. The number of nitrogens with one attached hydrogen (secondary N) is 2. The van der Waals surface area contributed by atoms with Crippen LogP contribution in [0.25, 0.3) is 5.65 Å². The molecule has 13 nitrogen and oxygen atoms in total. The monoisotopic (exact) mass is 577 g/mol. The van der Waals surface area contributed by atoms with E-state index in [9.17, 15) is 24.5 Å². The van der Waals surface area contributed by atoms with Crippen LogP contribution in [0, 0.1) is 22.7 Å². The summed E-state index contributed by atoms with van der Waals surface area (Å²) >= 11 is 6.87. The molecule has 15 heteroatoms. The van der Waals surface area contributed by atoms with Crippen LogP contribution in [-0.2, 0) is 9.59 Å². The van der Waals surface area contributed by atoms with Gasteiger partial charge in [-0.1, -0.05) is 11.6 Å². The number of benzene rings is 1. The summed E-state index contributed by atoms with van der Waals surface area (Å²) in [5.41, 5.74) is 2.26. The molecule has 2 aromatic heterocycles. The number of piperazine rings is 1. The lowest BCUT2D eigenvalue weighted by Crippen LogP contribution is -2.64. The van der Waals surface area contributed by atoms with E-state index in [1.54, 1.807) is 12.1 Å². The molecular formula is C26H25ClFN11O2. The predicted octanol–water partition coefficient (Wildman–Crippen LogP) is 2.06. The van der Waals surface area contributed by atoms with E-state index in [-0.39, 0.29) is 17.7 Å². The van der Waals surface area contributed by atoms with Crippen molar-refractivity contribution in [2.45, 2.75) is 31.3 Å². The van der Waals surface area contributed by atoms with Crippen molar-refractivity contribution >= 4 is 52.3 Å². The Morgan fingerprint density at radius 3 is 2.54 bits per heavy atom. The van der Waals surface area contributed by atoms with Crippen LogP contribution in [0.5, 0.6) is 0 Å². The van der Waals surface area contributed by atoms with Crippen molar-refractivity contribution in [2.24, 2.45) is 0 Å². The molecule has 6 rings (SSSR count). The van der Waals surface area contributed by atoms with E-state index in [0.29, 0.717) is 78.7 Å². The first kappa shape index (κ1) is 26.7. The van der Waals surface area contributed by atoms with Gasteiger partial charge in [0, 0.05) is 51.4 Å². The number of amides is 1. The lowest BCUT2D eigenvalue weighted by Gasteiger charge is -2.48. The molecule has 1 saturated carbocycles. The van der Waals surface area contributed by atoms with E-state index in [1.165, 1.54) is 15.6 Å². The van der Waals surface area contributed by atoms with E-state index in [2.05, 4.69) is 47.6 Å². The topological polar surface area (TPSA) is 159 Å². The molecule has 3 aromatic rings. The maximum absolute atomic E-state index is 12.5. The van der Waals surface area contributed by atoms with Crippen molar-refractivity contribution in [3.05, 3.63) is 34.6 Å². The molecule has 2 saturated heterocycles. The highest BCUT2D eigenvalue weighted by Crippen LogP contribution is 2.37. The highest BCUT2D eigenvalue weighted by atomic mass is 35.5. The van der Waals surface area contributed by atoms with Gasteiger partial charge in [0.15, 0.2) is 17.2 Å². The van der Waals surface area contributed by atoms with E-state index in [1.807, 2.05) is 0 Å². The SMILES string of the molecule is N#Cc1cc(Nc2nc(NC3CC3)c3ncc(C#N)n3n2)c(Cl)c(N2CCN(C3CN(C(=O)CC(=O)F)C3)CC2)c1. The zero-order valence-electron chi connectivity index (χ0n) is 21.8. The average Bonchev–Trinajstić information content (AvgIpc) is 3.64. The van der Waals surface area contributed by atoms with Gasteiger partial charge in [0.05, 0.1) is 34.2 Å². The number of nitriles is 2. The Labute approximate surface area is 239 Å². The molecule has 1 aromatic carbocycles. The van der Waals surface area contributed by atoms with Crippen molar-refractivity contribution in [1.29, 1.82) is 10.5 Å². The number of fused-ring (bicyclic) bond motifs is 1. The normalized spacial score (nSPS) is 17.6. The summed E-state index contributed by atoms with van der Waals surface area (Å²) in [7, 11) is 0. The summed E-state index contributed by atoms with van der Waals surface area (Å²) in [6, 6.07) is 6.47. The number of aromatic nitrogens is 4. The zero-order chi connectivity index (χ0) is 28.7. The zero-order valence-corrected chi connectivity index (χ0v) is 22.6. The molecule has 3 fully saturated rings. The lowest BCUT2D eigenvalue weighted by atomic mass is 10.0. The average molecular weight is 578 g/mol. The summed E-state index contributed by atoms with van der Waals surface area (Å²) in [5.74, 6) is 0.215. The molecule has 0 radical (unpaired) electrons. The van der Waals surface area contributed by atoms with Gasteiger partial charge in [0.25, 0.3) is 0 Å². The minimum absolute atomic E-state index is 0.154. The van der Waals surface area contributed by atoms with Gasteiger partial charge in [-0.25, -0.2) is 4.98 Å². The molecule has 0 bridgehead atoms. The number of hydrogen-bond acceptors (Lipinski definition) is 11. The van der Waals surface area contributed by atoms with Gasteiger partial charge in [-0.3, -0.25) is 14.5 Å². The molecule has 41 heavy (non-hydrogen) atoms. The lowest BCUT2D eigenvalue weighted by molar-refractivity contribution is -0.144. The van der Waals surface area contributed by atoms with Crippen LogP contribution < -0.4 is 15.5 Å². The second-order valence-electron chi connectivity index (χ2n) is 10.3. The Hall–Kier alpha value is -4.53. The van der Waals surface area contributed by atoms with Gasteiger partial charge in [-0.05, 0) is 25.0 Å². The summed E-state index contributed by atoms with van der Waals surface area (Å²) in [6.45, 7) is 3.63. The second kappa shape index (κ2) is 10.8. The van der Waals surface area contributed by atoms with Crippen LogP contribution in [0.15, 0.2) is 18.3 Å². The molecule has 210 valence electrons. The number of imidazole rings is 1. The van der Waals surface area contributed by atoms with Crippen molar-refractivity contribution in [2.75, 3.05) is 54.8 Å². The Morgan fingerprint density at radius 2 is 1.88 bits per heavy atom. The molecule has 4 heterocycles. The summed E-state index contributed by atoms with van der Waals surface area (Å²) in [6.07, 6.45) is 2.78. The van der Waals surface area contributed by atoms with Gasteiger partial charge in [0.2, 0.25) is 11.9 Å². The van der Waals surface area contributed by atoms with E-state index in [0.717, 1.165) is 12.8 Å². The number of rotatable bonds is 8. The van der Waals surface area contributed by atoms with E-state index in [4.69, 9.17) is 11.6 Å². The van der Waals surface area contributed by atoms with Crippen molar-refractivity contribution in [3.8, 4) is 12.1 Å². The molecule has 3 aliphatic rings. The number of nitrogens with zero attached hydrogens (tertiary/aromatic N) is 9. The third-order valence-electron chi connectivity index (χ3n) is 7.50. The first-order valence-corrected chi connectivity index (χ1v) is 13.6. The molecule has 2 aliphatic heterocycles. The van der Waals surface area contributed by atoms with Gasteiger partial charge in [0.1, 0.15) is 12.5 Å². The summed E-state index contributed by atoms with van der Waals surface area (Å²) in [4.78, 5) is 37.2. The van der Waals surface area contributed by atoms with Crippen LogP contribution in [0.2, 0.25) is 5.02 Å². The highest BCUT2D eigenvalue weighted by Gasteiger charge is 2.36. The van der Waals surface area contributed by atoms with Crippen LogP contribution >= 0.6 is 11.6 Å². The molecule has 0 spiro atoms. The van der Waals surface area contributed by atoms with Gasteiger partial charge >= 0.3 is 6.04 Å². The minimum Gasteiger partial charge on any atom is -0.368 e. The van der Waals surface area contributed by atoms with Crippen molar-refractivity contribution in [3.63, 3.8) is 0 Å². The van der Waals surface area contributed by atoms with Gasteiger partial charge in [-0.15, -0.1) is 5.10 Å². The molecule has 2 N–H and O–H groups in total. The number of halogens is 2. The second-order valence-corrected chi connectivity index (χ2v) is 10.7. The van der Waals surface area contributed by atoms with Crippen LogP contribution in [0.1, 0.15) is 30.5 Å². The number of carbonyl (C=O) groups is 2. The Bertz CT molecular complexity index is 1610. The fraction of sp³-hybridized carbons (Fsp3) is 0.423. The Morgan fingerprint density at radius 1 is 1.12 bits per heavy atom. The maximum atomic E-state index is 12.5. The van der Waals surface area contributed by atoms with Crippen LogP contribution in [0.3, 0.4) is 0 Å². The van der Waals surface area contributed by atoms with Crippen LogP contribution in [0.4, 0.5) is 27.5 Å². The summed E-state index contributed by atoms with van der Waals surface area (Å²) < 4.78 is 14.0. The largest absolute Gasteiger partial charge is 0.368 e. The molecule has 0 unspecified atom stereocenters. The third-order valence-corrected chi connectivity index (χ3v) is 7.90. The first-order chi connectivity index (χ1) is 19.8. The van der Waals surface area contributed by atoms with Crippen LogP contribution in [-0.4, -0.2) is 92.7 Å². The maximum Gasteiger partial charge on any atom is 0.310 e. The number of anilines is 4. The molecule has 0 atom stereocenters. The molecular weight excluding hydrogens is 553 g/mol. The number of carbonyl (C=O) groups excluding carboxylic acids is 2. The molecule has 1 amide bonds. The van der Waals surface area contributed by atoms with E-state index < -0.39 is 18.4 Å². The fourth-order valence-electron chi connectivity index (χ4n) is 5.09. The van der Waals surface area contributed by atoms with Crippen molar-refractivity contribution in [1.82, 2.24) is 29.4 Å². The number of hydrogen-bond donors (Lipinski definition) is 2. The molecule has 1 aliphatic carbocycles. The summed E-state index contributed by atoms with van der Waals surface area (Å²) in [5, 5.41) is 30.6. The standard InChI is InChI=1S/C26H25ClFN11O2/c27-23-19(33-26-34-24(32-16-1-2-16)25-31-12-17(11-30)39(25)35-26)7-15(10-29)8-20(23)37-5-3-36(4-6-37)18-13-38(14-18)22(41)9-21(28)40/h7-8,12,16,18H,1-6,9,13-14H2,(H2,32,33,34,35). The fourth-order valence-corrected chi connectivity index (χ4v) is 5.37. The first-order valence-electron chi connectivity index (χ1n) is 13.2. The van der Waals surface area contributed by atoms with Gasteiger partial charge < -0.3 is 20.4 Å². The highest BCUT2D eigenvalue weighted by molar-refractivity contribution is 6.36. The Kier molecular flexibility index (Phi) is 7.03. The van der Waals surface area contributed by atoms with E-state index >= 15 is 0 Å². The van der Waals surface area contributed by atoms with Crippen molar-refractivity contribution < 1.29 is 14.0 Å². The quantitative estimate of drug-likeness (QED) is 0.298. The number of likely N-dealkylation sites (tertiary alicyclic amines) is 1. The smallest absolute Gasteiger partial charge is 0.310 e. The van der Waals surface area contributed by atoms with Gasteiger partial charge in [-0.2, -0.15) is 24.4 Å².